The number of carboxylic acid groups (broad SMARTS) is 1. The molecule has 4 N–H and O–H groups in total. The Morgan fingerprint density at radius 3 is 2.61 bits per heavy atom. The number of thioether (sulfide) groups is 1. The molecule has 0 aliphatic rings. The molecule has 0 aliphatic carbocycles. The summed E-state index contributed by atoms with van der Waals surface area (Å²) in [6.07, 6.45) is 2.41. The van der Waals surface area contributed by atoms with E-state index in [1.165, 1.54) is 11.8 Å². The number of hydrogen-bond donors (Lipinski definition) is 3. The van der Waals surface area contributed by atoms with Crippen LogP contribution in [0, 0.1) is 5.92 Å². The van der Waals surface area contributed by atoms with Crippen molar-refractivity contribution < 1.29 is 14.7 Å². The summed E-state index contributed by atoms with van der Waals surface area (Å²) in [4.78, 5) is 22.8. The number of nitrogens with one attached hydrogen (secondary N) is 1. The van der Waals surface area contributed by atoms with Gasteiger partial charge in [0.1, 0.15) is 6.04 Å². The standard InChI is InChI=1S/C12H22N2O3S/c1-4-6-18-7-9(13)11(15)14-10(12(16)17)8(3)5-2/h4,8-10H,1,5-7,13H2,2-3H3,(H,14,15)(H,16,17)/t8?,9?,10-/m0/s1. The van der Waals surface area contributed by atoms with Gasteiger partial charge in [0, 0.05) is 11.5 Å². The number of carbonyl (C=O) groups is 2. The van der Waals surface area contributed by atoms with Gasteiger partial charge in [0.2, 0.25) is 5.91 Å². The van der Waals surface area contributed by atoms with Crippen LogP contribution in [0.25, 0.3) is 0 Å². The number of aliphatic carboxylic acids is 1. The second-order valence-electron chi connectivity index (χ2n) is 4.14. The second-order valence-corrected chi connectivity index (χ2v) is 5.22. The summed E-state index contributed by atoms with van der Waals surface area (Å²) in [6.45, 7) is 7.24. The maximum absolute atomic E-state index is 11.7. The van der Waals surface area contributed by atoms with Crippen molar-refractivity contribution in [2.24, 2.45) is 11.7 Å². The quantitative estimate of drug-likeness (QED) is 0.428. The topological polar surface area (TPSA) is 92.4 Å². The van der Waals surface area contributed by atoms with E-state index >= 15 is 0 Å². The maximum atomic E-state index is 11.7. The lowest BCUT2D eigenvalue weighted by molar-refractivity contribution is -0.143. The number of nitrogens with two attached hydrogens (primary N) is 1. The summed E-state index contributed by atoms with van der Waals surface area (Å²) in [7, 11) is 0. The Bertz CT molecular complexity index is 297. The molecule has 0 aromatic rings. The first-order valence-corrected chi connectivity index (χ1v) is 7.06. The minimum absolute atomic E-state index is 0.125. The van der Waals surface area contributed by atoms with Gasteiger partial charge in [-0.2, -0.15) is 11.8 Å². The molecule has 3 atom stereocenters. The minimum atomic E-state index is -1.02. The zero-order valence-corrected chi connectivity index (χ0v) is 11.7. The predicted molar refractivity (Wildman–Crippen MR) is 74.5 cm³/mol. The fourth-order valence-electron chi connectivity index (χ4n) is 1.30. The highest BCUT2D eigenvalue weighted by Gasteiger charge is 2.27. The van der Waals surface area contributed by atoms with Crippen LogP contribution in [0.4, 0.5) is 0 Å². The molecule has 18 heavy (non-hydrogen) atoms. The molecular formula is C12H22N2O3S. The van der Waals surface area contributed by atoms with Gasteiger partial charge < -0.3 is 16.2 Å². The van der Waals surface area contributed by atoms with Gasteiger partial charge in [-0.1, -0.05) is 26.3 Å². The van der Waals surface area contributed by atoms with E-state index in [0.717, 1.165) is 0 Å². The molecular weight excluding hydrogens is 252 g/mol. The van der Waals surface area contributed by atoms with Gasteiger partial charge in [-0.25, -0.2) is 4.79 Å². The van der Waals surface area contributed by atoms with E-state index in [1.54, 1.807) is 13.0 Å². The monoisotopic (exact) mass is 274 g/mol. The highest BCUT2D eigenvalue weighted by molar-refractivity contribution is 7.99. The van der Waals surface area contributed by atoms with Gasteiger partial charge in [0.05, 0.1) is 6.04 Å². The Morgan fingerprint density at radius 2 is 2.17 bits per heavy atom. The Hall–Kier alpha value is -1.01. The van der Waals surface area contributed by atoms with Crippen LogP contribution < -0.4 is 11.1 Å². The molecule has 104 valence electrons. The Labute approximate surface area is 112 Å². The average molecular weight is 274 g/mol. The van der Waals surface area contributed by atoms with E-state index in [1.807, 2.05) is 6.92 Å². The van der Waals surface area contributed by atoms with Crippen LogP contribution in [0.5, 0.6) is 0 Å². The van der Waals surface area contributed by atoms with Crippen LogP contribution in [0.3, 0.4) is 0 Å². The molecule has 0 aliphatic heterocycles. The fraction of sp³-hybridized carbons (Fsp3) is 0.667. The molecule has 0 saturated heterocycles. The van der Waals surface area contributed by atoms with Crippen LogP contribution in [-0.2, 0) is 9.59 Å². The number of carbonyl (C=O) groups excluding carboxylic acids is 1. The summed E-state index contributed by atoms with van der Waals surface area (Å²) in [5.74, 6) is -0.401. The average Bonchev–Trinajstić information content (AvgIpc) is 2.34. The van der Waals surface area contributed by atoms with Crippen molar-refractivity contribution in [2.75, 3.05) is 11.5 Å². The fourth-order valence-corrected chi connectivity index (χ4v) is 2.01. The Kier molecular flexibility index (Phi) is 8.49. The third-order valence-corrected chi connectivity index (χ3v) is 3.71. The van der Waals surface area contributed by atoms with Gasteiger partial charge in [0.15, 0.2) is 0 Å². The van der Waals surface area contributed by atoms with Gasteiger partial charge in [-0.3, -0.25) is 4.79 Å². The van der Waals surface area contributed by atoms with Gasteiger partial charge >= 0.3 is 5.97 Å². The highest BCUT2D eigenvalue weighted by Crippen LogP contribution is 2.09. The molecule has 0 rings (SSSR count). The molecule has 0 bridgehead atoms. The smallest absolute Gasteiger partial charge is 0.326 e. The van der Waals surface area contributed by atoms with Crippen molar-refractivity contribution in [3.63, 3.8) is 0 Å². The lowest BCUT2D eigenvalue weighted by Crippen LogP contribution is -2.51. The molecule has 0 heterocycles. The lowest BCUT2D eigenvalue weighted by atomic mass is 9.99. The minimum Gasteiger partial charge on any atom is -0.480 e. The van der Waals surface area contributed by atoms with Crippen molar-refractivity contribution in [1.82, 2.24) is 5.32 Å². The highest BCUT2D eigenvalue weighted by atomic mass is 32.2. The van der Waals surface area contributed by atoms with Crippen LogP contribution in [0.2, 0.25) is 0 Å². The zero-order valence-electron chi connectivity index (χ0n) is 10.9. The largest absolute Gasteiger partial charge is 0.480 e. The van der Waals surface area contributed by atoms with E-state index in [2.05, 4.69) is 11.9 Å². The van der Waals surface area contributed by atoms with E-state index in [0.29, 0.717) is 17.9 Å². The van der Waals surface area contributed by atoms with E-state index in [-0.39, 0.29) is 5.92 Å². The van der Waals surface area contributed by atoms with Gasteiger partial charge in [-0.15, -0.1) is 6.58 Å². The molecule has 5 nitrogen and oxygen atoms in total. The molecule has 6 heteroatoms. The van der Waals surface area contributed by atoms with Crippen LogP contribution >= 0.6 is 11.8 Å². The van der Waals surface area contributed by atoms with Crippen LogP contribution in [0.15, 0.2) is 12.7 Å². The summed E-state index contributed by atoms with van der Waals surface area (Å²) in [5, 5.41) is 11.5. The van der Waals surface area contributed by atoms with Gasteiger partial charge in [0.25, 0.3) is 0 Å². The summed E-state index contributed by atoms with van der Waals surface area (Å²) < 4.78 is 0. The number of amides is 1. The molecule has 0 fully saturated rings. The molecule has 2 unspecified atom stereocenters. The molecule has 1 amide bonds. The van der Waals surface area contributed by atoms with Crippen molar-refractivity contribution in [2.45, 2.75) is 32.4 Å². The van der Waals surface area contributed by atoms with Crippen molar-refractivity contribution in [3.8, 4) is 0 Å². The lowest BCUT2D eigenvalue weighted by Gasteiger charge is -2.22. The second kappa shape index (κ2) is 8.99. The number of hydrogen-bond acceptors (Lipinski definition) is 4. The SMILES string of the molecule is C=CCSCC(N)C(=O)N[C@H](C(=O)O)C(C)CC. The first-order chi connectivity index (χ1) is 8.43. The summed E-state index contributed by atoms with van der Waals surface area (Å²) in [5.41, 5.74) is 5.69. The first kappa shape index (κ1) is 17.0. The van der Waals surface area contributed by atoms with E-state index < -0.39 is 24.0 Å². The third kappa shape index (κ3) is 6.07. The van der Waals surface area contributed by atoms with Gasteiger partial charge in [-0.05, 0) is 5.92 Å². The van der Waals surface area contributed by atoms with Crippen LogP contribution in [0.1, 0.15) is 20.3 Å². The number of carboxylic acids is 1. The van der Waals surface area contributed by atoms with E-state index in [9.17, 15) is 9.59 Å². The van der Waals surface area contributed by atoms with Crippen molar-refractivity contribution >= 4 is 23.6 Å². The number of rotatable bonds is 9. The molecule has 0 spiro atoms. The molecule has 0 aromatic carbocycles. The summed E-state index contributed by atoms with van der Waals surface area (Å²) in [6, 6.07) is -1.57. The van der Waals surface area contributed by atoms with Crippen molar-refractivity contribution in [1.29, 1.82) is 0 Å². The maximum Gasteiger partial charge on any atom is 0.326 e. The van der Waals surface area contributed by atoms with Crippen molar-refractivity contribution in [3.05, 3.63) is 12.7 Å². The molecule has 0 saturated carbocycles. The Balaban J connectivity index is 4.32. The zero-order chi connectivity index (χ0) is 14.1. The summed E-state index contributed by atoms with van der Waals surface area (Å²) >= 11 is 1.49. The predicted octanol–water partition coefficient (Wildman–Crippen LogP) is 0.848. The van der Waals surface area contributed by atoms with E-state index in [4.69, 9.17) is 10.8 Å². The molecule has 0 aromatic heterocycles. The normalized spacial score (nSPS) is 15.5. The third-order valence-electron chi connectivity index (χ3n) is 2.65. The Morgan fingerprint density at radius 1 is 1.56 bits per heavy atom. The first-order valence-electron chi connectivity index (χ1n) is 5.91. The van der Waals surface area contributed by atoms with Crippen LogP contribution in [-0.4, -0.2) is 40.6 Å². The molecule has 0 radical (unpaired) electrons.